The molecule has 1 aromatic carbocycles. The summed E-state index contributed by atoms with van der Waals surface area (Å²) in [5.74, 6) is 0.277. The van der Waals surface area contributed by atoms with E-state index in [1.165, 1.54) is 27.5 Å². The minimum Gasteiger partial charge on any atom is -0.494 e. The first-order valence-electron chi connectivity index (χ1n) is 7.43. The molecule has 7 nitrogen and oxygen atoms in total. The van der Waals surface area contributed by atoms with Crippen molar-refractivity contribution in [2.24, 2.45) is 5.10 Å². The molecule has 1 N–H and O–H groups in total. The van der Waals surface area contributed by atoms with Crippen molar-refractivity contribution in [2.75, 3.05) is 26.8 Å². The first kappa shape index (κ1) is 20.3. The smallest absolute Gasteiger partial charge is 0.350 e. The zero-order valence-corrected chi connectivity index (χ0v) is 16.9. The van der Waals surface area contributed by atoms with E-state index < -0.39 is 5.97 Å². The van der Waals surface area contributed by atoms with Crippen LogP contribution >= 0.6 is 34.5 Å². The Bertz CT molecular complexity index is 839. The van der Waals surface area contributed by atoms with Crippen molar-refractivity contribution in [3.05, 3.63) is 32.2 Å². The average molecular weight is 418 g/mol. The maximum atomic E-state index is 11.7. The highest BCUT2D eigenvalue weighted by atomic mass is 35.5. The monoisotopic (exact) mass is 417 g/mol. The van der Waals surface area contributed by atoms with Gasteiger partial charge in [-0.05, 0) is 12.5 Å². The molecule has 10 heteroatoms. The van der Waals surface area contributed by atoms with E-state index in [1.54, 1.807) is 6.07 Å². The van der Waals surface area contributed by atoms with Gasteiger partial charge in [-0.15, -0.1) is 0 Å². The Morgan fingerprint density at radius 3 is 2.58 bits per heavy atom. The number of aryl methyl sites for hydroxylation is 1. The van der Waals surface area contributed by atoms with Crippen LogP contribution in [0.2, 0.25) is 10.0 Å². The number of anilines is 1. The van der Waals surface area contributed by atoms with Gasteiger partial charge in [-0.25, -0.2) is 9.78 Å². The van der Waals surface area contributed by atoms with Gasteiger partial charge in [0.2, 0.25) is 5.13 Å². The van der Waals surface area contributed by atoms with Gasteiger partial charge in [0.25, 0.3) is 0 Å². The van der Waals surface area contributed by atoms with Crippen molar-refractivity contribution in [3.8, 4) is 11.5 Å². The van der Waals surface area contributed by atoms with E-state index in [0.29, 0.717) is 44.2 Å². The average Bonchev–Trinajstić information content (AvgIpc) is 3.04. The van der Waals surface area contributed by atoms with Crippen LogP contribution in [0.15, 0.2) is 11.2 Å². The number of thiazole rings is 1. The maximum absolute atomic E-state index is 11.7. The van der Waals surface area contributed by atoms with E-state index in [2.05, 4.69) is 15.5 Å². The summed E-state index contributed by atoms with van der Waals surface area (Å²) in [4.78, 5) is 16.5. The second kappa shape index (κ2) is 9.07. The predicted molar refractivity (Wildman–Crippen MR) is 104 cm³/mol. The number of nitrogens with zero attached hydrogens (tertiary/aromatic N) is 2. The number of ether oxygens (including phenoxy) is 3. The molecule has 0 aliphatic rings. The molecule has 0 saturated carbocycles. The van der Waals surface area contributed by atoms with Crippen LogP contribution in [0.4, 0.5) is 5.13 Å². The molecule has 0 aliphatic heterocycles. The number of carbonyl (C=O) groups excluding carboxylic acids is 1. The number of rotatable bonds is 7. The zero-order valence-electron chi connectivity index (χ0n) is 14.6. The zero-order chi connectivity index (χ0) is 19.3. The van der Waals surface area contributed by atoms with Crippen molar-refractivity contribution in [2.45, 2.75) is 13.3 Å². The Kier molecular flexibility index (Phi) is 7.07. The van der Waals surface area contributed by atoms with E-state index in [1.807, 2.05) is 6.92 Å². The number of hydrogen-bond acceptors (Lipinski definition) is 8. The summed E-state index contributed by atoms with van der Waals surface area (Å²) in [5, 5.41) is 5.15. The third kappa shape index (κ3) is 4.20. The lowest BCUT2D eigenvalue weighted by molar-refractivity contribution is 0.0605. The van der Waals surface area contributed by atoms with Crippen molar-refractivity contribution in [3.63, 3.8) is 0 Å². The SMILES string of the molecule is CCc1nc(N/N=C\c2cc(Cl)c(OC)c(Cl)c2OC)sc1C(=O)OC. The van der Waals surface area contributed by atoms with Crippen LogP contribution in [0, 0.1) is 0 Å². The molecule has 0 radical (unpaired) electrons. The topological polar surface area (TPSA) is 82.0 Å². The standard InChI is InChI=1S/C16H17Cl2N3O4S/c1-5-10-14(15(22)25-4)26-16(20-10)21-19-7-8-6-9(17)13(24-3)11(18)12(8)23-2/h6-7H,5H2,1-4H3,(H,20,21)/b19-7-. The number of hydrazone groups is 1. The fourth-order valence-corrected chi connectivity index (χ4v) is 3.77. The second-order valence-electron chi connectivity index (χ2n) is 4.84. The summed E-state index contributed by atoms with van der Waals surface area (Å²) in [6.45, 7) is 1.90. The van der Waals surface area contributed by atoms with Gasteiger partial charge in [0.1, 0.15) is 15.6 Å². The second-order valence-corrected chi connectivity index (χ2v) is 6.62. The normalized spacial score (nSPS) is 10.8. The van der Waals surface area contributed by atoms with Gasteiger partial charge in [0, 0.05) is 5.56 Å². The molecule has 0 spiro atoms. The molecule has 0 fully saturated rings. The van der Waals surface area contributed by atoms with Crippen LogP contribution in [0.5, 0.6) is 11.5 Å². The number of hydrogen-bond donors (Lipinski definition) is 1. The van der Waals surface area contributed by atoms with Gasteiger partial charge < -0.3 is 14.2 Å². The van der Waals surface area contributed by atoms with Crippen molar-refractivity contribution >= 4 is 51.9 Å². The number of benzene rings is 1. The molecular formula is C16H17Cl2N3O4S. The van der Waals surface area contributed by atoms with Gasteiger partial charge in [0.05, 0.1) is 38.3 Å². The molecule has 2 rings (SSSR count). The molecule has 0 aliphatic carbocycles. The number of carbonyl (C=O) groups is 1. The number of aromatic nitrogens is 1. The summed E-state index contributed by atoms with van der Waals surface area (Å²) in [5.41, 5.74) is 3.98. The highest BCUT2D eigenvalue weighted by molar-refractivity contribution is 7.17. The molecule has 1 aromatic heterocycles. The fraction of sp³-hybridized carbons (Fsp3) is 0.312. The van der Waals surface area contributed by atoms with E-state index >= 15 is 0 Å². The minimum atomic E-state index is -0.424. The third-order valence-electron chi connectivity index (χ3n) is 3.34. The van der Waals surface area contributed by atoms with Gasteiger partial charge in [-0.2, -0.15) is 5.10 Å². The Hall–Kier alpha value is -2.03. The van der Waals surface area contributed by atoms with Crippen LogP contribution in [-0.4, -0.2) is 38.5 Å². The molecule has 0 atom stereocenters. The lowest BCUT2D eigenvalue weighted by Crippen LogP contribution is -2.01. The molecule has 0 bridgehead atoms. The Morgan fingerprint density at radius 1 is 1.31 bits per heavy atom. The first-order valence-corrected chi connectivity index (χ1v) is 9.01. The molecule has 2 aromatic rings. The van der Waals surface area contributed by atoms with Crippen LogP contribution in [0.1, 0.15) is 27.9 Å². The van der Waals surface area contributed by atoms with Crippen molar-refractivity contribution in [1.82, 2.24) is 4.98 Å². The summed E-state index contributed by atoms with van der Waals surface area (Å²) in [6.07, 6.45) is 2.09. The number of methoxy groups -OCH3 is 3. The predicted octanol–water partition coefficient (Wildman–Crippen LogP) is 4.26. The van der Waals surface area contributed by atoms with E-state index in [4.69, 9.17) is 37.4 Å². The molecule has 140 valence electrons. The van der Waals surface area contributed by atoms with Crippen LogP contribution in [0.3, 0.4) is 0 Å². The van der Waals surface area contributed by atoms with Crippen molar-refractivity contribution in [1.29, 1.82) is 0 Å². The molecular weight excluding hydrogens is 401 g/mol. The molecule has 26 heavy (non-hydrogen) atoms. The highest BCUT2D eigenvalue weighted by Crippen LogP contribution is 2.41. The summed E-state index contributed by atoms with van der Waals surface area (Å²) < 4.78 is 15.2. The van der Waals surface area contributed by atoms with E-state index in [0.717, 1.165) is 11.3 Å². The Balaban J connectivity index is 2.26. The summed E-state index contributed by atoms with van der Waals surface area (Å²) >= 11 is 13.5. The molecule has 0 amide bonds. The largest absolute Gasteiger partial charge is 0.494 e. The van der Waals surface area contributed by atoms with E-state index in [-0.39, 0.29) is 5.02 Å². The number of nitrogens with one attached hydrogen (secondary N) is 1. The lowest BCUT2D eigenvalue weighted by Gasteiger charge is -2.12. The van der Waals surface area contributed by atoms with Crippen molar-refractivity contribution < 1.29 is 19.0 Å². The highest BCUT2D eigenvalue weighted by Gasteiger charge is 2.18. The Morgan fingerprint density at radius 2 is 2.00 bits per heavy atom. The van der Waals surface area contributed by atoms with Crippen LogP contribution < -0.4 is 14.9 Å². The summed E-state index contributed by atoms with van der Waals surface area (Å²) in [7, 11) is 4.28. The van der Waals surface area contributed by atoms with Crippen LogP contribution in [0.25, 0.3) is 0 Å². The van der Waals surface area contributed by atoms with E-state index in [9.17, 15) is 4.79 Å². The lowest BCUT2D eigenvalue weighted by atomic mass is 10.2. The molecule has 0 saturated heterocycles. The van der Waals surface area contributed by atoms with Crippen LogP contribution in [-0.2, 0) is 11.2 Å². The number of halogens is 2. The number of esters is 1. The fourth-order valence-electron chi connectivity index (χ4n) is 2.14. The minimum absolute atomic E-state index is 0.249. The first-order chi connectivity index (χ1) is 12.5. The van der Waals surface area contributed by atoms with Gasteiger partial charge in [0.15, 0.2) is 5.75 Å². The maximum Gasteiger partial charge on any atom is 0.350 e. The molecule has 0 unspecified atom stereocenters. The van der Waals surface area contributed by atoms with Gasteiger partial charge in [-0.1, -0.05) is 41.5 Å². The van der Waals surface area contributed by atoms with Gasteiger partial charge >= 0.3 is 5.97 Å². The Labute approximate surface area is 164 Å². The third-order valence-corrected chi connectivity index (χ3v) is 4.94. The molecule has 1 heterocycles. The van der Waals surface area contributed by atoms with Gasteiger partial charge in [-0.3, -0.25) is 5.43 Å². The quantitative estimate of drug-likeness (QED) is 0.411. The summed E-state index contributed by atoms with van der Waals surface area (Å²) in [6, 6.07) is 1.62.